The van der Waals surface area contributed by atoms with Gasteiger partial charge in [0, 0.05) is 11.6 Å². The zero-order chi connectivity index (χ0) is 14.4. The highest BCUT2D eigenvalue weighted by atomic mass is 19.1. The lowest BCUT2D eigenvalue weighted by molar-refractivity contribution is 0.298. The van der Waals surface area contributed by atoms with Crippen LogP contribution in [0.3, 0.4) is 0 Å². The minimum absolute atomic E-state index is 0.205. The molecule has 1 aromatic heterocycles. The molecule has 2 aromatic rings. The van der Waals surface area contributed by atoms with E-state index in [1.807, 2.05) is 12.1 Å². The van der Waals surface area contributed by atoms with Gasteiger partial charge in [0.25, 0.3) is 0 Å². The summed E-state index contributed by atoms with van der Waals surface area (Å²) in [6, 6.07) is 10.6. The molecule has 0 aliphatic rings. The van der Waals surface area contributed by atoms with E-state index in [4.69, 9.17) is 4.74 Å². The Balaban J connectivity index is 1.96. The number of hydrogen-bond donors (Lipinski definition) is 1. The number of hydrogen-bond acceptors (Lipinski definition) is 3. The van der Waals surface area contributed by atoms with Crippen LogP contribution in [0.4, 0.5) is 4.39 Å². The van der Waals surface area contributed by atoms with E-state index in [2.05, 4.69) is 24.1 Å². The van der Waals surface area contributed by atoms with Crippen LogP contribution in [-0.2, 0) is 6.61 Å². The standard InChI is InChI=1S/C16H19FN2O/c1-3-18-12(2)16-9-8-14(10-19-16)20-11-13-6-4-5-7-15(13)17/h4-10,12,18H,3,11H2,1-2H3. The third kappa shape index (κ3) is 3.78. The average Bonchev–Trinajstić information content (AvgIpc) is 2.47. The third-order valence-electron chi connectivity index (χ3n) is 3.07. The highest BCUT2D eigenvalue weighted by Crippen LogP contribution is 2.16. The van der Waals surface area contributed by atoms with Crippen molar-refractivity contribution in [2.45, 2.75) is 26.5 Å². The lowest BCUT2D eigenvalue weighted by Gasteiger charge is -2.12. The van der Waals surface area contributed by atoms with Crippen molar-refractivity contribution in [2.24, 2.45) is 0 Å². The van der Waals surface area contributed by atoms with Crippen LogP contribution in [0.5, 0.6) is 5.75 Å². The van der Waals surface area contributed by atoms with Gasteiger partial charge in [-0.2, -0.15) is 0 Å². The largest absolute Gasteiger partial charge is 0.487 e. The van der Waals surface area contributed by atoms with Gasteiger partial charge in [-0.25, -0.2) is 4.39 Å². The highest BCUT2D eigenvalue weighted by Gasteiger charge is 2.06. The lowest BCUT2D eigenvalue weighted by Crippen LogP contribution is -2.18. The van der Waals surface area contributed by atoms with Gasteiger partial charge in [0.1, 0.15) is 18.2 Å². The molecular formula is C16H19FN2O. The number of halogens is 1. The first-order chi connectivity index (χ1) is 9.70. The summed E-state index contributed by atoms with van der Waals surface area (Å²) in [6.07, 6.45) is 1.67. The summed E-state index contributed by atoms with van der Waals surface area (Å²) >= 11 is 0. The molecule has 0 saturated heterocycles. The number of rotatable bonds is 6. The third-order valence-corrected chi connectivity index (χ3v) is 3.07. The van der Waals surface area contributed by atoms with Crippen molar-refractivity contribution >= 4 is 0 Å². The van der Waals surface area contributed by atoms with E-state index < -0.39 is 0 Å². The van der Waals surface area contributed by atoms with Gasteiger partial charge in [-0.05, 0) is 31.7 Å². The molecule has 106 valence electrons. The molecule has 2 rings (SSSR count). The molecule has 0 aliphatic heterocycles. The molecule has 1 atom stereocenters. The van der Waals surface area contributed by atoms with Crippen LogP contribution in [0.15, 0.2) is 42.6 Å². The molecule has 1 heterocycles. The Morgan fingerprint density at radius 1 is 1.25 bits per heavy atom. The summed E-state index contributed by atoms with van der Waals surface area (Å²) < 4.78 is 19.0. The predicted octanol–water partition coefficient (Wildman–Crippen LogP) is 3.47. The minimum atomic E-state index is -0.252. The van der Waals surface area contributed by atoms with Gasteiger partial charge in [-0.3, -0.25) is 4.98 Å². The molecule has 4 heteroatoms. The van der Waals surface area contributed by atoms with Crippen LogP contribution in [-0.4, -0.2) is 11.5 Å². The fourth-order valence-corrected chi connectivity index (χ4v) is 1.92. The van der Waals surface area contributed by atoms with Gasteiger partial charge in [-0.1, -0.05) is 25.1 Å². The van der Waals surface area contributed by atoms with Crippen LogP contribution in [0.25, 0.3) is 0 Å². The number of nitrogens with one attached hydrogen (secondary N) is 1. The van der Waals surface area contributed by atoms with Gasteiger partial charge in [0.15, 0.2) is 0 Å². The summed E-state index contributed by atoms with van der Waals surface area (Å²) in [5, 5.41) is 3.29. The summed E-state index contributed by atoms with van der Waals surface area (Å²) in [6.45, 7) is 5.22. The molecule has 0 radical (unpaired) electrons. The molecule has 0 fully saturated rings. The number of pyridine rings is 1. The van der Waals surface area contributed by atoms with Crippen LogP contribution in [0, 0.1) is 5.82 Å². The molecule has 20 heavy (non-hydrogen) atoms. The SMILES string of the molecule is CCNC(C)c1ccc(OCc2ccccc2F)cn1. The molecule has 0 bridgehead atoms. The number of aromatic nitrogens is 1. The number of ether oxygens (including phenoxy) is 1. The average molecular weight is 274 g/mol. The van der Waals surface area contributed by atoms with Gasteiger partial charge in [0.05, 0.1) is 11.9 Å². The van der Waals surface area contributed by atoms with Crippen LogP contribution >= 0.6 is 0 Å². The zero-order valence-electron chi connectivity index (χ0n) is 11.8. The fraction of sp³-hybridized carbons (Fsp3) is 0.312. The Morgan fingerprint density at radius 3 is 2.70 bits per heavy atom. The van der Waals surface area contributed by atoms with E-state index in [0.717, 1.165) is 12.2 Å². The monoisotopic (exact) mass is 274 g/mol. The molecule has 0 amide bonds. The number of nitrogens with zero attached hydrogens (tertiary/aromatic N) is 1. The second-order valence-electron chi connectivity index (χ2n) is 4.58. The van der Waals surface area contributed by atoms with Crippen molar-refractivity contribution in [1.82, 2.24) is 10.3 Å². The Morgan fingerprint density at radius 2 is 2.05 bits per heavy atom. The van der Waals surface area contributed by atoms with Crippen LogP contribution in [0.2, 0.25) is 0 Å². The minimum Gasteiger partial charge on any atom is -0.487 e. The van der Waals surface area contributed by atoms with E-state index in [1.165, 1.54) is 6.07 Å². The molecule has 0 aliphatic carbocycles. The summed E-state index contributed by atoms with van der Waals surface area (Å²) in [4.78, 5) is 4.35. The summed E-state index contributed by atoms with van der Waals surface area (Å²) in [5.41, 5.74) is 1.50. The van der Waals surface area contributed by atoms with Crippen LogP contribution < -0.4 is 10.1 Å². The predicted molar refractivity (Wildman–Crippen MR) is 77.1 cm³/mol. The van der Waals surface area contributed by atoms with Crippen molar-refractivity contribution in [3.63, 3.8) is 0 Å². The second-order valence-corrected chi connectivity index (χ2v) is 4.58. The maximum atomic E-state index is 13.4. The summed E-state index contributed by atoms with van der Waals surface area (Å²) in [7, 11) is 0. The maximum absolute atomic E-state index is 13.4. The Labute approximate surface area is 118 Å². The van der Waals surface area contributed by atoms with Gasteiger partial charge < -0.3 is 10.1 Å². The first kappa shape index (κ1) is 14.5. The summed E-state index contributed by atoms with van der Waals surface area (Å²) in [5.74, 6) is 0.388. The van der Waals surface area contributed by atoms with Crippen LogP contribution in [0.1, 0.15) is 31.1 Å². The quantitative estimate of drug-likeness (QED) is 0.875. The zero-order valence-corrected chi connectivity index (χ0v) is 11.8. The topological polar surface area (TPSA) is 34.1 Å². The van der Waals surface area contributed by atoms with Gasteiger partial charge >= 0.3 is 0 Å². The molecule has 3 nitrogen and oxygen atoms in total. The van der Waals surface area contributed by atoms with E-state index in [1.54, 1.807) is 24.4 Å². The molecule has 1 N–H and O–H groups in total. The van der Waals surface area contributed by atoms with Crippen molar-refractivity contribution in [3.8, 4) is 5.75 Å². The fourth-order valence-electron chi connectivity index (χ4n) is 1.92. The number of benzene rings is 1. The molecule has 1 aromatic carbocycles. The Kier molecular flexibility index (Phi) is 5.07. The van der Waals surface area contributed by atoms with Crippen molar-refractivity contribution in [2.75, 3.05) is 6.54 Å². The van der Waals surface area contributed by atoms with E-state index in [9.17, 15) is 4.39 Å². The van der Waals surface area contributed by atoms with Gasteiger partial charge in [0.2, 0.25) is 0 Å². The lowest BCUT2D eigenvalue weighted by atomic mass is 10.2. The molecule has 0 saturated carbocycles. The van der Waals surface area contributed by atoms with E-state index in [-0.39, 0.29) is 18.5 Å². The molecular weight excluding hydrogens is 255 g/mol. The first-order valence-electron chi connectivity index (χ1n) is 6.76. The van der Waals surface area contributed by atoms with Crippen molar-refractivity contribution in [1.29, 1.82) is 0 Å². The second kappa shape index (κ2) is 7.01. The highest BCUT2D eigenvalue weighted by molar-refractivity contribution is 5.23. The normalized spacial score (nSPS) is 12.2. The van der Waals surface area contributed by atoms with Crippen molar-refractivity contribution < 1.29 is 9.13 Å². The van der Waals surface area contributed by atoms with E-state index >= 15 is 0 Å². The molecule has 1 unspecified atom stereocenters. The van der Waals surface area contributed by atoms with E-state index in [0.29, 0.717) is 11.3 Å². The molecule has 0 spiro atoms. The first-order valence-corrected chi connectivity index (χ1v) is 6.76. The maximum Gasteiger partial charge on any atom is 0.138 e. The smallest absolute Gasteiger partial charge is 0.138 e. The van der Waals surface area contributed by atoms with Crippen molar-refractivity contribution in [3.05, 3.63) is 59.7 Å². The Bertz CT molecular complexity index is 542. The van der Waals surface area contributed by atoms with Gasteiger partial charge in [-0.15, -0.1) is 0 Å². The Hall–Kier alpha value is -1.94.